The van der Waals surface area contributed by atoms with Gasteiger partial charge in [-0.15, -0.1) is 11.3 Å². The molecule has 0 saturated heterocycles. The number of ether oxygens (including phenoxy) is 2. The first-order valence-electron chi connectivity index (χ1n) is 5.67. The highest BCUT2D eigenvalue weighted by molar-refractivity contribution is 7.13. The van der Waals surface area contributed by atoms with E-state index in [9.17, 15) is 0 Å². The van der Waals surface area contributed by atoms with Crippen LogP contribution in [0.15, 0.2) is 29.6 Å². The van der Waals surface area contributed by atoms with Gasteiger partial charge in [-0.25, -0.2) is 9.97 Å². The maximum atomic E-state index is 5.27. The number of rotatable bonds is 3. The van der Waals surface area contributed by atoms with Crippen molar-refractivity contribution in [1.29, 1.82) is 0 Å². The fraction of sp³-hybridized carbons (Fsp3) is 0.143. The Labute approximate surface area is 114 Å². The second-order valence-corrected chi connectivity index (χ2v) is 4.80. The summed E-state index contributed by atoms with van der Waals surface area (Å²) in [7, 11) is 3.20. The molecule has 1 radical (unpaired) electrons. The summed E-state index contributed by atoms with van der Waals surface area (Å²) in [6.07, 6.45) is 2.96. The fourth-order valence-corrected chi connectivity index (χ4v) is 2.48. The highest BCUT2D eigenvalue weighted by atomic mass is 32.1. The van der Waals surface area contributed by atoms with E-state index in [4.69, 9.17) is 9.47 Å². The molecule has 2 aromatic heterocycles. The van der Waals surface area contributed by atoms with E-state index in [0.29, 0.717) is 11.5 Å². The molecule has 1 aromatic carbocycles. The van der Waals surface area contributed by atoms with Crippen LogP contribution in [0, 0.1) is 6.20 Å². The lowest BCUT2D eigenvalue weighted by atomic mass is 10.2. The largest absolute Gasteiger partial charge is 0.493 e. The van der Waals surface area contributed by atoms with Crippen molar-refractivity contribution >= 4 is 22.4 Å². The van der Waals surface area contributed by atoms with Crippen molar-refractivity contribution in [3.63, 3.8) is 0 Å². The molecule has 0 fully saturated rings. The summed E-state index contributed by atoms with van der Waals surface area (Å²) in [5.74, 6) is 1.29. The Morgan fingerprint density at radius 1 is 1.11 bits per heavy atom. The van der Waals surface area contributed by atoms with E-state index < -0.39 is 0 Å². The summed E-state index contributed by atoms with van der Waals surface area (Å²) in [5.41, 5.74) is 2.24. The van der Waals surface area contributed by atoms with Gasteiger partial charge in [-0.05, 0) is 11.4 Å². The zero-order valence-corrected chi connectivity index (χ0v) is 11.3. The van der Waals surface area contributed by atoms with Crippen molar-refractivity contribution in [2.75, 3.05) is 14.2 Å². The van der Waals surface area contributed by atoms with Crippen LogP contribution in [0.5, 0.6) is 11.5 Å². The molecular weight excluding hydrogens is 260 g/mol. The maximum absolute atomic E-state index is 5.27. The fourth-order valence-electron chi connectivity index (χ4n) is 1.82. The molecule has 3 rings (SSSR count). The molecule has 0 unspecified atom stereocenters. The highest BCUT2D eigenvalue weighted by Gasteiger charge is 2.09. The average molecular weight is 271 g/mol. The molecule has 3 aromatic rings. The van der Waals surface area contributed by atoms with Gasteiger partial charge in [0.25, 0.3) is 0 Å². The summed E-state index contributed by atoms with van der Waals surface area (Å²) < 4.78 is 10.5. The second-order valence-electron chi connectivity index (χ2n) is 3.86. The first kappa shape index (κ1) is 11.9. The molecule has 19 heavy (non-hydrogen) atoms. The van der Waals surface area contributed by atoms with Gasteiger partial charge in [0.2, 0.25) is 0 Å². The zero-order chi connectivity index (χ0) is 13.2. The van der Waals surface area contributed by atoms with Gasteiger partial charge >= 0.3 is 0 Å². The number of aromatic nitrogens is 2. The molecule has 0 aliphatic heterocycles. The third-order valence-corrected chi connectivity index (χ3v) is 3.63. The molecule has 2 heterocycles. The summed E-state index contributed by atoms with van der Waals surface area (Å²) in [6.45, 7) is 0. The number of nitrogens with zero attached hydrogens (tertiary/aromatic N) is 2. The number of thiophene rings is 1. The second kappa shape index (κ2) is 4.85. The molecule has 0 aliphatic carbocycles. The summed E-state index contributed by atoms with van der Waals surface area (Å²) in [5, 5.41) is 2.00. The van der Waals surface area contributed by atoms with Crippen molar-refractivity contribution in [2.24, 2.45) is 0 Å². The first-order chi connectivity index (χ1) is 9.31. The van der Waals surface area contributed by atoms with Crippen LogP contribution in [0.3, 0.4) is 0 Å². The van der Waals surface area contributed by atoms with E-state index in [2.05, 4.69) is 16.2 Å². The van der Waals surface area contributed by atoms with E-state index in [1.54, 1.807) is 31.6 Å². The minimum atomic E-state index is 0.640. The van der Waals surface area contributed by atoms with Gasteiger partial charge < -0.3 is 9.47 Å². The number of hydrogen-bond acceptors (Lipinski definition) is 5. The topological polar surface area (TPSA) is 44.2 Å². The van der Waals surface area contributed by atoms with Crippen LogP contribution in [0.1, 0.15) is 0 Å². The molecule has 95 valence electrons. The SMILES string of the molecule is COc1cc2n[c]c(-c3cccs3)nc2cc1OC. The first-order valence-corrected chi connectivity index (χ1v) is 6.55. The molecule has 0 N–H and O–H groups in total. The Morgan fingerprint density at radius 2 is 1.84 bits per heavy atom. The van der Waals surface area contributed by atoms with Crippen LogP contribution in [-0.4, -0.2) is 24.2 Å². The molecule has 0 atom stereocenters. The number of fused-ring (bicyclic) bond motifs is 1. The van der Waals surface area contributed by atoms with Crippen molar-refractivity contribution in [3.05, 3.63) is 35.8 Å². The molecule has 0 bridgehead atoms. The minimum Gasteiger partial charge on any atom is -0.493 e. The lowest BCUT2D eigenvalue weighted by Gasteiger charge is -2.08. The minimum absolute atomic E-state index is 0.640. The van der Waals surface area contributed by atoms with Gasteiger partial charge in [-0.1, -0.05) is 6.07 Å². The molecule has 4 nitrogen and oxygen atoms in total. The van der Waals surface area contributed by atoms with E-state index in [-0.39, 0.29) is 0 Å². The van der Waals surface area contributed by atoms with Gasteiger partial charge in [0, 0.05) is 12.1 Å². The number of methoxy groups -OCH3 is 2. The van der Waals surface area contributed by atoms with Crippen molar-refractivity contribution in [2.45, 2.75) is 0 Å². The predicted octanol–water partition coefficient (Wildman–Crippen LogP) is 3.18. The summed E-state index contributed by atoms with van der Waals surface area (Å²) in [4.78, 5) is 9.91. The Kier molecular flexibility index (Phi) is 3.05. The third kappa shape index (κ3) is 2.13. The van der Waals surface area contributed by atoms with Crippen molar-refractivity contribution < 1.29 is 9.47 Å². The van der Waals surface area contributed by atoms with Gasteiger partial charge in [0.15, 0.2) is 11.5 Å². The van der Waals surface area contributed by atoms with E-state index >= 15 is 0 Å². The Balaban J connectivity index is 2.17. The number of hydrogen-bond donors (Lipinski definition) is 0. The van der Waals surface area contributed by atoms with Gasteiger partial charge in [0.05, 0.1) is 30.1 Å². The quantitative estimate of drug-likeness (QED) is 0.734. The molecular formula is C14H11N2O2S. The molecule has 0 amide bonds. The Morgan fingerprint density at radius 3 is 2.47 bits per heavy atom. The normalized spacial score (nSPS) is 10.6. The summed E-state index contributed by atoms with van der Waals surface area (Å²) >= 11 is 1.61. The lowest BCUT2D eigenvalue weighted by molar-refractivity contribution is 0.355. The van der Waals surface area contributed by atoms with Crippen LogP contribution in [0.25, 0.3) is 21.6 Å². The average Bonchev–Trinajstić information content (AvgIpc) is 2.99. The molecule has 0 saturated carbocycles. The number of benzene rings is 1. The van der Waals surface area contributed by atoms with Crippen LogP contribution >= 0.6 is 11.3 Å². The van der Waals surface area contributed by atoms with Crippen molar-refractivity contribution in [3.8, 4) is 22.1 Å². The third-order valence-electron chi connectivity index (χ3n) is 2.75. The monoisotopic (exact) mass is 271 g/mol. The standard InChI is InChI=1S/C14H11N2O2S/c1-17-12-6-9-10(7-13(12)18-2)16-11(8-15-9)14-4-3-5-19-14/h3-7H,1-2H3. The van der Waals surface area contributed by atoms with Crippen LogP contribution in [0.2, 0.25) is 0 Å². The van der Waals surface area contributed by atoms with Crippen LogP contribution in [-0.2, 0) is 0 Å². The lowest BCUT2D eigenvalue weighted by Crippen LogP contribution is -1.93. The molecule has 0 aliphatic rings. The Hall–Kier alpha value is -2.14. The van der Waals surface area contributed by atoms with E-state index in [1.165, 1.54) is 0 Å². The molecule has 5 heteroatoms. The van der Waals surface area contributed by atoms with Gasteiger partial charge in [0.1, 0.15) is 11.9 Å². The maximum Gasteiger partial charge on any atom is 0.163 e. The zero-order valence-electron chi connectivity index (χ0n) is 10.5. The predicted molar refractivity (Wildman–Crippen MR) is 74.8 cm³/mol. The highest BCUT2D eigenvalue weighted by Crippen LogP contribution is 2.31. The van der Waals surface area contributed by atoms with E-state index in [1.807, 2.05) is 23.6 Å². The van der Waals surface area contributed by atoms with Crippen LogP contribution < -0.4 is 9.47 Å². The smallest absolute Gasteiger partial charge is 0.163 e. The van der Waals surface area contributed by atoms with Crippen molar-refractivity contribution in [1.82, 2.24) is 9.97 Å². The Bertz CT molecular complexity index is 711. The summed E-state index contributed by atoms with van der Waals surface area (Å²) in [6, 6.07) is 7.61. The molecule has 0 spiro atoms. The van der Waals surface area contributed by atoms with E-state index in [0.717, 1.165) is 21.6 Å². The van der Waals surface area contributed by atoms with Gasteiger partial charge in [-0.3, -0.25) is 0 Å². The van der Waals surface area contributed by atoms with Gasteiger partial charge in [-0.2, -0.15) is 0 Å². The van der Waals surface area contributed by atoms with Crippen LogP contribution in [0.4, 0.5) is 0 Å².